The standard InChI is InChI=1S/C13H26N2/c1-7-10(2)12(9-8-11(3)14)15-13(4,5)6/h12,15H,2-3,7-9,14H2,1,4-6H3. The molecule has 2 heteroatoms. The number of nitrogens with one attached hydrogen (secondary N) is 1. The molecule has 88 valence electrons. The fraction of sp³-hybridized carbons (Fsp3) is 0.692. The molecule has 0 saturated heterocycles. The second-order valence-electron chi connectivity index (χ2n) is 5.16. The molecule has 1 atom stereocenters. The molecule has 0 aliphatic heterocycles. The maximum Gasteiger partial charge on any atom is 0.0285 e. The van der Waals surface area contributed by atoms with Crippen LogP contribution in [0.25, 0.3) is 0 Å². The van der Waals surface area contributed by atoms with Gasteiger partial charge in [-0.2, -0.15) is 0 Å². The highest BCUT2D eigenvalue weighted by Crippen LogP contribution is 2.15. The molecule has 0 heterocycles. The summed E-state index contributed by atoms with van der Waals surface area (Å²) in [5, 5.41) is 3.57. The topological polar surface area (TPSA) is 38.0 Å². The molecule has 1 unspecified atom stereocenters. The lowest BCUT2D eigenvalue weighted by atomic mass is 9.97. The minimum absolute atomic E-state index is 0.110. The van der Waals surface area contributed by atoms with Gasteiger partial charge in [0.25, 0.3) is 0 Å². The van der Waals surface area contributed by atoms with Crippen molar-refractivity contribution in [3.8, 4) is 0 Å². The number of allylic oxidation sites excluding steroid dienone is 1. The second-order valence-corrected chi connectivity index (χ2v) is 5.16. The van der Waals surface area contributed by atoms with Gasteiger partial charge < -0.3 is 11.1 Å². The molecule has 0 fully saturated rings. The van der Waals surface area contributed by atoms with E-state index in [2.05, 4.69) is 46.2 Å². The second kappa shape index (κ2) is 5.96. The predicted molar refractivity (Wildman–Crippen MR) is 68.7 cm³/mol. The third kappa shape index (κ3) is 7.20. The van der Waals surface area contributed by atoms with Gasteiger partial charge in [-0.05, 0) is 40.0 Å². The van der Waals surface area contributed by atoms with E-state index >= 15 is 0 Å². The Labute approximate surface area is 94.6 Å². The van der Waals surface area contributed by atoms with Crippen molar-refractivity contribution >= 4 is 0 Å². The highest BCUT2D eigenvalue weighted by atomic mass is 15.0. The van der Waals surface area contributed by atoms with Gasteiger partial charge in [-0.3, -0.25) is 0 Å². The van der Waals surface area contributed by atoms with Crippen molar-refractivity contribution in [2.45, 2.75) is 58.5 Å². The van der Waals surface area contributed by atoms with Crippen LogP contribution in [0, 0.1) is 0 Å². The monoisotopic (exact) mass is 210 g/mol. The van der Waals surface area contributed by atoms with E-state index in [1.807, 2.05) is 0 Å². The first-order valence-corrected chi connectivity index (χ1v) is 5.65. The highest BCUT2D eigenvalue weighted by Gasteiger charge is 2.18. The number of hydrogen-bond donors (Lipinski definition) is 2. The fourth-order valence-corrected chi connectivity index (χ4v) is 1.48. The zero-order valence-corrected chi connectivity index (χ0v) is 10.7. The largest absolute Gasteiger partial charge is 0.403 e. The first-order chi connectivity index (χ1) is 6.76. The fourth-order valence-electron chi connectivity index (χ4n) is 1.48. The Morgan fingerprint density at radius 3 is 2.20 bits per heavy atom. The van der Waals surface area contributed by atoms with E-state index in [-0.39, 0.29) is 5.54 Å². The van der Waals surface area contributed by atoms with Crippen LogP contribution in [-0.4, -0.2) is 11.6 Å². The Morgan fingerprint density at radius 1 is 1.33 bits per heavy atom. The first kappa shape index (κ1) is 14.2. The molecule has 0 aromatic carbocycles. The summed E-state index contributed by atoms with van der Waals surface area (Å²) in [7, 11) is 0. The van der Waals surface area contributed by atoms with Crippen LogP contribution in [0.2, 0.25) is 0 Å². The Bertz CT molecular complexity index is 223. The maximum atomic E-state index is 5.59. The predicted octanol–water partition coefficient (Wildman–Crippen LogP) is 2.96. The number of nitrogens with two attached hydrogens (primary N) is 1. The van der Waals surface area contributed by atoms with Crippen LogP contribution in [0.3, 0.4) is 0 Å². The van der Waals surface area contributed by atoms with E-state index in [0.29, 0.717) is 6.04 Å². The van der Waals surface area contributed by atoms with Gasteiger partial charge in [-0.15, -0.1) is 0 Å². The van der Waals surface area contributed by atoms with Gasteiger partial charge >= 0.3 is 0 Å². The van der Waals surface area contributed by atoms with Gasteiger partial charge in [0.05, 0.1) is 0 Å². The number of hydrogen-bond acceptors (Lipinski definition) is 2. The summed E-state index contributed by atoms with van der Waals surface area (Å²) in [6, 6.07) is 0.343. The Morgan fingerprint density at radius 2 is 1.87 bits per heavy atom. The Hall–Kier alpha value is -0.760. The first-order valence-electron chi connectivity index (χ1n) is 5.65. The molecule has 0 amide bonds. The molecule has 0 aliphatic carbocycles. The maximum absolute atomic E-state index is 5.59. The minimum Gasteiger partial charge on any atom is -0.403 e. The van der Waals surface area contributed by atoms with E-state index in [4.69, 9.17) is 5.73 Å². The third-order valence-electron chi connectivity index (χ3n) is 2.31. The normalized spacial score (nSPS) is 13.6. The van der Waals surface area contributed by atoms with Crippen molar-refractivity contribution in [3.63, 3.8) is 0 Å². The Kier molecular flexibility index (Phi) is 5.66. The molecule has 0 bridgehead atoms. The quantitative estimate of drug-likeness (QED) is 0.661. The van der Waals surface area contributed by atoms with E-state index < -0.39 is 0 Å². The summed E-state index contributed by atoms with van der Waals surface area (Å²) in [5.74, 6) is 0. The van der Waals surface area contributed by atoms with Gasteiger partial charge in [-0.25, -0.2) is 0 Å². The van der Waals surface area contributed by atoms with Crippen LogP contribution in [0.15, 0.2) is 24.4 Å². The molecule has 0 aliphatic rings. The summed E-state index contributed by atoms with van der Waals surface area (Å²) in [4.78, 5) is 0. The van der Waals surface area contributed by atoms with E-state index in [9.17, 15) is 0 Å². The summed E-state index contributed by atoms with van der Waals surface area (Å²) < 4.78 is 0. The molecule has 0 rings (SSSR count). The molecule has 15 heavy (non-hydrogen) atoms. The van der Waals surface area contributed by atoms with Gasteiger partial charge in [-0.1, -0.05) is 25.7 Å². The van der Waals surface area contributed by atoms with Crippen LogP contribution in [0.1, 0.15) is 47.0 Å². The summed E-state index contributed by atoms with van der Waals surface area (Å²) in [6.45, 7) is 16.5. The van der Waals surface area contributed by atoms with Crippen molar-refractivity contribution in [2.75, 3.05) is 0 Å². The molecule has 0 aromatic rings. The summed E-state index contributed by atoms with van der Waals surface area (Å²) >= 11 is 0. The van der Waals surface area contributed by atoms with Gasteiger partial charge in [0.1, 0.15) is 0 Å². The Balaban J connectivity index is 4.32. The van der Waals surface area contributed by atoms with Crippen LogP contribution in [-0.2, 0) is 0 Å². The van der Waals surface area contributed by atoms with Crippen LogP contribution < -0.4 is 11.1 Å². The molecule has 0 aromatic heterocycles. The van der Waals surface area contributed by atoms with Crippen LogP contribution in [0.5, 0.6) is 0 Å². The molecule has 0 spiro atoms. The lowest BCUT2D eigenvalue weighted by Crippen LogP contribution is -2.44. The highest BCUT2D eigenvalue weighted by molar-refractivity contribution is 5.07. The van der Waals surface area contributed by atoms with E-state index in [1.54, 1.807) is 0 Å². The molecular weight excluding hydrogens is 184 g/mol. The van der Waals surface area contributed by atoms with Crippen LogP contribution in [0.4, 0.5) is 0 Å². The smallest absolute Gasteiger partial charge is 0.0285 e. The van der Waals surface area contributed by atoms with Crippen molar-refractivity contribution in [1.29, 1.82) is 0 Å². The lowest BCUT2D eigenvalue weighted by Gasteiger charge is -2.30. The van der Waals surface area contributed by atoms with Crippen molar-refractivity contribution in [2.24, 2.45) is 5.73 Å². The molecule has 2 nitrogen and oxygen atoms in total. The summed E-state index contributed by atoms with van der Waals surface area (Å²) in [6.07, 6.45) is 2.84. The van der Waals surface area contributed by atoms with Gasteiger partial charge in [0, 0.05) is 17.3 Å². The summed E-state index contributed by atoms with van der Waals surface area (Å²) in [5.41, 5.74) is 7.70. The van der Waals surface area contributed by atoms with E-state index in [1.165, 1.54) is 5.57 Å². The zero-order chi connectivity index (χ0) is 12.1. The van der Waals surface area contributed by atoms with Crippen molar-refractivity contribution in [1.82, 2.24) is 5.32 Å². The van der Waals surface area contributed by atoms with E-state index in [0.717, 1.165) is 25.0 Å². The molecule has 0 radical (unpaired) electrons. The molecule has 3 N–H and O–H groups in total. The molecular formula is C13H26N2. The SMILES string of the molecule is C=C(N)CCC(NC(C)(C)C)C(=C)CC. The van der Waals surface area contributed by atoms with Gasteiger partial charge in [0.2, 0.25) is 0 Å². The third-order valence-corrected chi connectivity index (χ3v) is 2.31. The zero-order valence-electron chi connectivity index (χ0n) is 10.7. The van der Waals surface area contributed by atoms with Crippen molar-refractivity contribution in [3.05, 3.63) is 24.4 Å². The lowest BCUT2D eigenvalue weighted by molar-refractivity contribution is 0.368. The number of rotatable bonds is 6. The average Bonchev–Trinajstić information content (AvgIpc) is 2.08. The van der Waals surface area contributed by atoms with Gasteiger partial charge in [0.15, 0.2) is 0 Å². The van der Waals surface area contributed by atoms with Crippen molar-refractivity contribution < 1.29 is 0 Å². The minimum atomic E-state index is 0.110. The molecule has 0 saturated carbocycles. The average molecular weight is 210 g/mol. The van der Waals surface area contributed by atoms with Crippen LogP contribution >= 0.6 is 0 Å².